The third-order valence-electron chi connectivity index (χ3n) is 3.87. The van der Waals surface area contributed by atoms with Crippen molar-refractivity contribution in [3.63, 3.8) is 0 Å². The number of nitrogens with zero attached hydrogens (tertiary/aromatic N) is 4. The molecule has 1 fully saturated rings. The molecule has 1 aromatic rings. The lowest BCUT2D eigenvalue weighted by Gasteiger charge is -2.14. The fourth-order valence-electron chi connectivity index (χ4n) is 2.71. The van der Waals surface area contributed by atoms with E-state index in [-0.39, 0.29) is 30.8 Å². The molecule has 0 radical (unpaired) electrons. The number of hydrogen-bond acceptors (Lipinski definition) is 6. The maximum Gasteiger partial charge on any atom is 0.343 e. The Balaban J connectivity index is 2.19. The lowest BCUT2D eigenvalue weighted by atomic mass is 9.96. The molecule has 0 bridgehead atoms. The van der Waals surface area contributed by atoms with E-state index < -0.39 is 10.9 Å². The summed E-state index contributed by atoms with van der Waals surface area (Å²) in [7, 11) is 0. The molecule has 1 aromatic heterocycles. The number of aromatic nitrogens is 2. The van der Waals surface area contributed by atoms with Gasteiger partial charge in [0.05, 0.1) is 0 Å². The Kier molecular flexibility index (Phi) is 5.67. The first-order chi connectivity index (χ1) is 11.0. The predicted molar refractivity (Wildman–Crippen MR) is 79.6 cm³/mol. The molecule has 0 unspecified atom stereocenters. The van der Waals surface area contributed by atoms with Crippen molar-refractivity contribution in [1.82, 2.24) is 9.55 Å². The molecule has 1 saturated carbocycles. The molecule has 1 heterocycles. The van der Waals surface area contributed by atoms with Gasteiger partial charge >= 0.3 is 11.8 Å². The Bertz CT molecular complexity index is 604. The molecule has 1 aliphatic carbocycles. The summed E-state index contributed by atoms with van der Waals surface area (Å²) in [6, 6.07) is 0.00132. The summed E-state index contributed by atoms with van der Waals surface area (Å²) >= 11 is 0. The van der Waals surface area contributed by atoms with Gasteiger partial charge in [0.2, 0.25) is 6.04 Å². The standard InChI is InChI=1S/C14H21N4O5/c1-11(19)23-8-7-16-13(15-9-14(16)18(21)22)10-17(20)12-5-3-2-4-6-12/h9-10,12,20H,2-8H2,1H3/q+1. The average Bonchev–Trinajstić information content (AvgIpc) is 2.91. The number of hydrogen-bond donors (Lipinski definition) is 1. The highest BCUT2D eigenvalue weighted by Crippen LogP contribution is 2.20. The maximum absolute atomic E-state index is 11.1. The van der Waals surface area contributed by atoms with Gasteiger partial charge in [-0.3, -0.25) is 10.0 Å². The highest BCUT2D eigenvalue weighted by Gasteiger charge is 2.27. The first-order valence-corrected chi connectivity index (χ1v) is 7.64. The number of carbonyl (C=O) groups is 1. The quantitative estimate of drug-likeness (QED) is 0.212. The van der Waals surface area contributed by atoms with Crippen LogP contribution in [0.15, 0.2) is 6.20 Å². The molecular formula is C14H21N4O5+. The minimum atomic E-state index is -0.555. The van der Waals surface area contributed by atoms with Crippen LogP contribution in [0.2, 0.25) is 0 Å². The van der Waals surface area contributed by atoms with Crippen LogP contribution in [0.3, 0.4) is 0 Å². The Morgan fingerprint density at radius 2 is 2.22 bits per heavy atom. The number of esters is 1. The number of ether oxygens (including phenoxy) is 1. The second-order valence-electron chi connectivity index (χ2n) is 5.52. The molecule has 0 atom stereocenters. The summed E-state index contributed by atoms with van der Waals surface area (Å²) in [5.41, 5.74) is 0. The van der Waals surface area contributed by atoms with E-state index >= 15 is 0 Å². The summed E-state index contributed by atoms with van der Waals surface area (Å²) in [5.74, 6) is -0.401. The molecule has 9 nitrogen and oxygen atoms in total. The van der Waals surface area contributed by atoms with E-state index in [1.807, 2.05) is 0 Å². The minimum Gasteiger partial charge on any atom is -0.462 e. The van der Waals surface area contributed by atoms with Crippen molar-refractivity contribution >= 4 is 18.0 Å². The Labute approximate surface area is 133 Å². The highest BCUT2D eigenvalue weighted by molar-refractivity contribution is 5.71. The van der Waals surface area contributed by atoms with Crippen molar-refractivity contribution in [3.05, 3.63) is 22.1 Å². The van der Waals surface area contributed by atoms with Crippen LogP contribution in [0.1, 0.15) is 44.9 Å². The van der Waals surface area contributed by atoms with Crippen molar-refractivity contribution in [3.8, 4) is 0 Å². The lowest BCUT2D eigenvalue weighted by molar-refractivity contribution is -0.797. The summed E-state index contributed by atoms with van der Waals surface area (Å²) in [5, 5.41) is 21.2. The van der Waals surface area contributed by atoms with E-state index in [2.05, 4.69) is 4.98 Å². The molecule has 1 N–H and O–H groups in total. The van der Waals surface area contributed by atoms with Crippen LogP contribution in [0, 0.1) is 10.1 Å². The van der Waals surface area contributed by atoms with Gasteiger partial charge in [-0.15, -0.1) is 0 Å². The van der Waals surface area contributed by atoms with Gasteiger partial charge < -0.3 is 14.9 Å². The summed E-state index contributed by atoms with van der Waals surface area (Å²) in [6.45, 7) is 1.37. The van der Waals surface area contributed by atoms with E-state index in [1.54, 1.807) is 0 Å². The van der Waals surface area contributed by atoms with Gasteiger partial charge in [-0.25, -0.2) is 4.98 Å². The van der Waals surface area contributed by atoms with Crippen molar-refractivity contribution in [2.75, 3.05) is 6.61 Å². The fourth-order valence-corrected chi connectivity index (χ4v) is 2.71. The van der Waals surface area contributed by atoms with Crippen LogP contribution in [0.25, 0.3) is 0 Å². The van der Waals surface area contributed by atoms with Gasteiger partial charge in [-0.1, -0.05) is 6.42 Å². The molecule has 2 rings (SSSR count). The SMILES string of the molecule is CC(=O)OCCn1c([N+](=O)[O-])cnc1/C=[N+](/O)C1CCCCC1. The van der Waals surface area contributed by atoms with Crippen molar-refractivity contribution in [2.45, 2.75) is 51.6 Å². The van der Waals surface area contributed by atoms with E-state index in [9.17, 15) is 20.1 Å². The predicted octanol–water partition coefficient (Wildman–Crippen LogP) is 1.51. The number of nitro groups is 1. The van der Waals surface area contributed by atoms with E-state index in [0.29, 0.717) is 0 Å². The van der Waals surface area contributed by atoms with Crippen LogP contribution in [-0.2, 0) is 16.1 Å². The second kappa shape index (κ2) is 7.70. The summed E-state index contributed by atoms with van der Waals surface area (Å²) in [4.78, 5) is 25.3. The zero-order valence-corrected chi connectivity index (χ0v) is 13.1. The van der Waals surface area contributed by atoms with Crippen LogP contribution in [0.4, 0.5) is 5.82 Å². The Morgan fingerprint density at radius 1 is 1.52 bits per heavy atom. The van der Waals surface area contributed by atoms with Gasteiger partial charge in [-0.05, 0) is 22.5 Å². The number of hydroxylamine groups is 1. The van der Waals surface area contributed by atoms with Crippen molar-refractivity contribution in [2.24, 2.45) is 0 Å². The van der Waals surface area contributed by atoms with Gasteiger partial charge in [-0.2, -0.15) is 4.57 Å². The smallest absolute Gasteiger partial charge is 0.343 e. The number of carbonyl (C=O) groups excluding carboxylic acids is 1. The molecule has 0 spiro atoms. The summed E-state index contributed by atoms with van der Waals surface area (Å²) < 4.78 is 7.23. The van der Waals surface area contributed by atoms with E-state index in [1.165, 1.54) is 17.7 Å². The molecule has 0 aromatic carbocycles. The normalized spacial score (nSPS) is 16.3. The van der Waals surface area contributed by atoms with Crippen LogP contribution in [0.5, 0.6) is 0 Å². The van der Waals surface area contributed by atoms with Crippen molar-refractivity contribution in [1.29, 1.82) is 0 Å². The average molecular weight is 325 g/mol. The third-order valence-corrected chi connectivity index (χ3v) is 3.87. The lowest BCUT2D eigenvalue weighted by Crippen LogP contribution is -2.28. The highest BCUT2D eigenvalue weighted by atomic mass is 16.6. The molecule has 9 heteroatoms. The van der Waals surface area contributed by atoms with Crippen LogP contribution in [-0.4, -0.2) is 49.3 Å². The Hall–Kier alpha value is -2.45. The maximum atomic E-state index is 11.1. The summed E-state index contributed by atoms with van der Waals surface area (Å²) in [6.07, 6.45) is 7.55. The van der Waals surface area contributed by atoms with Crippen LogP contribution >= 0.6 is 0 Å². The fraction of sp³-hybridized carbons (Fsp3) is 0.643. The van der Waals surface area contributed by atoms with Crippen molar-refractivity contribution < 1.29 is 24.4 Å². The second-order valence-corrected chi connectivity index (χ2v) is 5.52. The van der Waals surface area contributed by atoms with Gasteiger partial charge in [0.25, 0.3) is 12.0 Å². The monoisotopic (exact) mass is 325 g/mol. The topological polar surface area (TPSA) is 111 Å². The molecule has 0 amide bonds. The molecule has 1 aliphatic rings. The minimum absolute atomic E-state index is 0.00132. The Morgan fingerprint density at radius 3 is 2.83 bits per heavy atom. The molecule has 126 valence electrons. The van der Waals surface area contributed by atoms with Crippen LogP contribution < -0.4 is 0 Å². The number of imidazole rings is 1. The van der Waals surface area contributed by atoms with E-state index in [0.717, 1.165) is 43.0 Å². The zero-order chi connectivity index (χ0) is 16.8. The van der Waals surface area contributed by atoms with Gasteiger partial charge in [0.15, 0.2) is 0 Å². The number of rotatable bonds is 6. The zero-order valence-electron chi connectivity index (χ0n) is 13.1. The van der Waals surface area contributed by atoms with E-state index in [4.69, 9.17) is 4.74 Å². The molecule has 23 heavy (non-hydrogen) atoms. The van der Waals surface area contributed by atoms with Gasteiger partial charge in [0, 0.05) is 19.8 Å². The molecule has 0 saturated heterocycles. The largest absolute Gasteiger partial charge is 0.462 e. The first-order valence-electron chi connectivity index (χ1n) is 7.64. The molecule has 0 aliphatic heterocycles. The first kappa shape index (κ1) is 16.9. The van der Waals surface area contributed by atoms with Gasteiger partial charge in [0.1, 0.15) is 19.3 Å². The molecular weight excluding hydrogens is 304 g/mol. The third kappa shape index (κ3) is 4.51.